The van der Waals surface area contributed by atoms with E-state index < -0.39 is 0 Å². The van der Waals surface area contributed by atoms with Crippen molar-refractivity contribution in [1.29, 1.82) is 0 Å². The molecule has 0 aliphatic heterocycles. The van der Waals surface area contributed by atoms with Crippen molar-refractivity contribution in [3.05, 3.63) is 11.7 Å². The monoisotopic (exact) mass is 267 g/mol. The zero-order valence-electron chi connectivity index (χ0n) is 12.8. The Morgan fingerprint density at radius 1 is 1.21 bits per heavy atom. The summed E-state index contributed by atoms with van der Waals surface area (Å²) >= 11 is 0. The molecule has 1 rings (SSSR count). The largest absolute Gasteiger partial charge is 0.358 e. The lowest BCUT2D eigenvalue weighted by Gasteiger charge is -2.28. The Bertz CT molecular complexity index is 389. The van der Waals surface area contributed by atoms with Crippen LogP contribution in [-0.2, 0) is 13.1 Å². The fourth-order valence-electron chi connectivity index (χ4n) is 1.77. The summed E-state index contributed by atoms with van der Waals surface area (Å²) in [7, 11) is 3.93. The van der Waals surface area contributed by atoms with Crippen LogP contribution >= 0.6 is 0 Å². The van der Waals surface area contributed by atoms with E-state index in [1.54, 1.807) is 0 Å². The molecule has 19 heavy (non-hydrogen) atoms. The Morgan fingerprint density at radius 3 is 2.37 bits per heavy atom. The molecule has 0 atom stereocenters. The van der Waals surface area contributed by atoms with Crippen LogP contribution in [0.4, 0.5) is 0 Å². The summed E-state index contributed by atoms with van der Waals surface area (Å²) in [5.41, 5.74) is 0. The first-order valence-electron chi connectivity index (χ1n) is 6.63. The number of aliphatic imine (C=N–C) groups is 1. The van der Waals surface area contributed by atoms with Gasteiger partial charge in [-0.2, -0.15) is 4.98 Å². The molecule has 108 valence electrons. The summed E-state index contributed by atoms with van der Waals surface area (Å²) in [6, 6.07) is 0.858. The van der Waals surface area contributed by atoms with Crippen LogP contribution in [0.2, 0.25) is 0 Å². The molecule has 1 aromatic rings. The molecule has 0 saturated carbocycles. The Labute approximate surface area is 115 Å². The van der Waals surface area contributed by atoms with Crippen LogP contribution in [0.25, 0.3) is 0 Å². The average Bonchev–Trinajstić information content (AvgIpc) is 2.70. The molecule has 0 fully saturated rings. The molecule has 0 aromatic carbocycles. The second-order valence-electron chi connectivity index (χ2n) is 5.43. The number of rotatable bonds is 7. The highest BCUT2D eigenvalue weighted by molar-refractivity contribution is 5.55. The molecule has 0 radical (unpaired) electrons. The van der Waals surface area contributed by atoms with Gasteiger partial charge in [0.2, 0.25) is 5.89 Å². The molecular weight excluding hydrogens is 242 g/mol. The predicted octanol–water partition coefficient (Wildman–Crippen LogP) is 1.78. The number of hydrogen-bond acceptors (Lipinski definition) is 5. The Hall–Kier alpha value is -1.43. The Morgan fingerprint density at radius 2 is 1.84 bits per heavy atom. The van der Waals surface area contributed by atoms with E-state index in [9.17, 15) is 0 Å². The quantitative estimate of drug-likeness (QED) is 0.557. The van der Waals surface area contributed by atoms with E-state index in [4.69, 9.17) is 4.52 Å². The minimum Gasteiger partial charge on any atom is -0.358 e. The third kappa shape index (κ3) is 5.38. The van der Waals surface area contributed by atoms with Crippen LogP contribution in [0.5, 0.6) is 0 Å². The molecule has 0 amide bonds. The van der Waals surface area contributed by atoms with Crippen LogP contribution in [0.3, 0.4) is 0 Å². The summed E-state index contributed by atoms with van der Waals surface area (Å²) in [6.07, 6.45) is 1.87. The van der Waals surface area contributed by atoms with Crippen LogP contribution in [0, 0.1) is 0 Å². The maximum absolute atomic E-state index is 5.14. The second kappa shape index (κ2) is 7.23. The fourth-order valence-corrected chi connectivity index (χ4v) is 1.77. The summed E-state index contributed by atoms with van der Waals surface area (Å²) in [5, 5.41) is 3.91. The predicted molar refractivity (Wildman–Crippen MR) is 76.0 cm³/mol. The first kappa shape index (κ1) is 15.6. The minimum absolute atomic E-state index is 0.429. The maximum Gasteiger partial charge on any atom is 0.240 e. The number of nitrogens with zero attached hydrogens (tertiary/aromatic N) is 5. The van der Waals surface area contributed by atoms with Gasteiger partial charge in [-0.25, -0.2) is 0 Å². The van der Waals surface area contributed by atoms with Gasteiger partial charge in [0, 0.05) is 12.1 Å². The highest BCUT2D eigenvalue weighted by Gasteiger charge is 2.09. The molecule has 0 aliphatic carbocycles. The van der Waals surface area contributed by atoms with Gasteiger partial charge in [0.05, 0.1) is 12.9 Å². The molecule has 0 saturated heterocycles. The maximum atomic E-state index is 5.14. The van der Waals surface area contributed by atoms with E-state index >= 15 is 0 Å². The average molecular weight is 267 g/mol. The van der Waals surface area contributed by atoms with Crippen molar-refractivity contribution in [2.75, 3.05) is 14.1 Å². The van der Waals surface area contributed by atoms with Gasteiger partial charge in [-0.05, 0) is 41.8 Å². The van der Waals surface area contributed by atoms with Crippen molar-refractivity contribution in [3.8, 4) is 0 Å². The zero-order chi connectivity index (χ0) is 14.4. The van der Waals surface area contributed by atoms with Gasteiger partial charge in [-0.3, -0.25) is 4.99 Å². The number of aromatic nitrogens is 2. The molecule has 0 bridgehead atoms. The Balaban J connectivity index is 2.53. The van der Waals surface area contributed by atoms with Crippen molar-refractivity contribution >= 4 is 6.34 Å². The zero-order valence-corrected chi connectivity index (χ0v) is 12.8. The molecule has 0 spiro atoms. The highest BCUT2D eigenvalue weighted by Crippen LogP contribution is 2.03. The van der Waals surface area contributed by atoms with E-state index in [0.717, 1.165) is 0 Å². The molecule has 0 unspecified atom stereocenters. The van der Waals surface area contributed by atoms with E-state index in [2.05, 4.69) is 47.7 Å². The molecule has 0 N–H and O–H groups in total. The SMILES string of the molecule is CC(C)N(C=NCc1noc(CN(C)C)n1)C(C)C. The lowest BCUT2D eigenvalue weighted by Crippen LogP contribution is -2.35. The summed E-state index contributed by atoms with van der Waals surface area (Å²) in [6.45, 7) is 9.70. The van der Waals surface area contributed by atoms with Gasteiger partial charge in [0.25, 0.3) is 0 Å². The lowest BCUT2D eigenvalue weighted by molar-refractivity contribution is 0.299. The molecule has 0 aliphatic rings. The van der Waals surface area contributed by atoms with Gasteiger partial charge in [0.15, 0.2) is 5.82 Å². The van der Waals surface area contributed by atoms with Crippen molar-refractivity contribution in [2.45, 2.75) is 52.9 Å². The van der Waals surface area contributed by atoms with E-state index in [1.807, 2.05) is 25.3 Å². The van der Waals surface area contributed by atoms with Crippen LogP contribution in [0.1, 0.15) is 39.4 Å². The van der Waals surface area contributed by atoms with Gasteiger partial charge in [0.1, 0.15) is 6.54 Å². The lowest BCUT2D eigenvalue weighted by atomic mass is 10.2. The molecule has 6 nitrogen and oxygen atoms in total. The number of hydrogen-bond donors (Lipinski definition) is 0. The summed E-state index contributed by atoms with van der Waals surface area (Å²) < 4.78 is 5.14. The molecular formula is C13H25N5O. The van der Waals surface area contributed by atoms with Crippen molar-refractivity contribution in [1.82, 2.24) is 19.9 Å². The van der Waals surface area contributed by atoms with E-state index in [1.165, 1.54) is 0 Å². The molecule has 1 aromatic heterocycles. The normalized spacial score (nSPS) is 12.3. The highest BCUT2D eigenvalue weighted by atomic mass is 16.5. The van der Waals surface area contributed by atoms with Crippen molar-refractivity contribution < 1.29 is 4.52 Å². The molecule has 1 heterocycles. The summed E-state index contributed by atoms with van der Waals surface area (Å²) in [5.74, 6) is 1.25. The first-order valence-corrected chi connectivity index (χ1v) is 6.63. The van der Waals surface area contributed by atoms with Gasteiger partial charge >= 0.3 is 0 Å². The second-order valence-corrected chi connectivity index (χ2v) is 5.43. The van der Waals surface area contributed by atoms with Crippen LogP contribution in [0.15, 0.2) is 9.52 Å². The Kier molecular flexibility index (Phi) is 5.95. The topological polar surface area (TPSA) is 57.8 Å². The van der Waals surface area contributed by atoms with Gasteiger partial charge in [-0.15, -0.1) is 0 Å². The van der Waals surface area contributed by atoms with E-state index in [0.29, 0.717) is 36.9 Å². The minimum atomic E-state index is 0.429. The van der Waals surface area contributed by atoms with Crippen LogP contribution < -0.4 is 0 Å². The smallest absolute Gasteiger partial charge is 0.240 e. The first-order chi connectivity index (χ1) is 8.90. The van der Waals surface area contributed by atoms with Crippen molar-refractivity contribution in [2.24, 2.45) is 4.99 Å². The summed E-state index contributed by atoms with van der Waals surface area (Å²) in [4.78, 5) is 12.8. The third-order valence-electron chi connectivity index (χ3n) is 2.60. The van der Waals surface area contributed by atoms with E-state index in [-0.39, 0.29) is 0 Å². The van der Waals surface area contributed by atoms with Gasteiger partial charge in [-0.1, -0.05) is 5.16 Å². The van der Waals surface area contributed by atoms with Crippen molar-refractivity contribution in [3.63, 3.8) is 0 Å². The molecule has 6 heteroatoms. The standard InChI is InChI=1S/C13H25N5O/c1-10(2)18(11(3)4)9-14-7-12-15-13(19-16-12)8-17(5)6/h9-11H,7-8H2,1-6H3. The fraction of sp³-hybridized carbons (Fsp3) is 0.769. The van der Waals surface area contributed by atoms with Gasteiger partial charge < -0.3 is 14.3 Å². The van der Waals surface area contributed by atoms with Crippen LogP contribution in [-0.4, -0.2) is 52.5 Å². The third-order valence-corrected chi connectivity index (χ3v) is 2.60.